The van der Waals surface area contributed by atoms with Crippen LogP contribution in [0.2, 0.25) is 5.02 Å². The predicted molar refractivity (Wildman–Crippen MR) is 89.0 cm³/mol. The summed E-state index contributed by atoms with van der Waals surface area (Å²) in [6.45, 7) is 2.36. The maximum Gasteiger partial charge on any atom is 0.323 e. The third-order valence-electron chi connectivity index (χ3n) is 3.09. The summed E-state index contributed by atoms with van der Waals surface area (Å²) in [5.74, 6) is -0.873. The van der Waals surface area contributed by atoms with Gasteiger partial charge in [-0.15, -0.1) is 0 Å². The van der Waals surface area contributed by atoms with Crippen LogP contribution in [-0.4, -0.2) is 17.6 Å². The SMILES string of the molecule is Cc1ccc(N(CC(=O)O)Cc2cc(Br)ccc2Cl)cc1. The van der Waals surface area contributed by atoms with E-state index in [2.05, 4.69) is 15.9 Å². The zero-order valence-corrected chi connectivity index (χ0v) is 13.9. The van der Waals surface area contributed by atoms with Crippen molar-refractivity contribution in [2.45, 2.75) is 13.5 Å². The number of carboxylic acids is 1. The van der Waals surface area contributed by atoms with Crippen molar-refractivity contribution in [3.8, 4) is 0 Å². The molecule has 0 amide bonds. The van der Waals surface area contributed by atoms with Gasteiger partial charge in [0.15, 0.2) is 0 Å². The number of rotatable bonds is 5. The zero-order valence-electron chi connectivity index (χ0n) is 11.5. The summed E-state index contributed by atoms with van der Waals surface area (Å²) < 4.78 is 0.918. The molecule has 0 aliphatic rings. The largest absolute Gasteiger partial charge is 0.480 e. The lowest BCUT2D eigenvalue weighted by atomic mass is 10.1. The molecule has 5 heteroatoms. The maximum absolute atomic E-state index is 11.1. The first-order valence-corrected chi connectivity index (χ1v) is 7.60. The number of hydrogen-bond donors (Lipinski definition) is 1. The molecule has 2 aromatic carbocycles. The zero-order chi connectivity index (χ0) is 15.4. The van der Waals surface area contributed by atoms with Gasteiger partial charge in [0.25, 0.3) is 0 Å². The molecule has 0 heterocycles. The van der Waals surface area contributed by atoms with E-state index in [0.29, 0.717) is 11.6 Å². The first-order valence-electron chi connectivity index (χ1n) is 6.43. The van der Waals surface area contributed by atoms with Crippen molar-refractivity contribution in [1.29, 1.82) is 0 Å². The summed E-state index contributed by atoms with van der Waals surface area (Å²) in [7, 11) is 0. The quantitative estimate of drug-likeness (QED) is 0.844. The van der Waals surface area contributed by atoms with Crippen molar-refractivity contribution >= 4 is 39.2 Å². The van der Waals surface area contributed by atoms with Crippen LogP contribution in [0, 0.1) is 6.92 Å². The molecule has 0 spiro atoms. The first kappa shape index (κ1) is 15.9. The van der Waals surface area contributed by atoms with Crippen molar-refractivity contribution < 1.29 is 9.90 Å². The molecular weight excluding hydrogens is 354 g/mol. The Morgan fingerprint density at radius 3 is 2.52 bits per heavy atom. The minimum Gasteiger partial charge on any atom is -0.480 e. The van der Waals surface area contributed by atoms with E-state index in [4.69, 9.17) is 16.7 Å². The molecule has 0 fully saturated rings. The van der Waals surface area contributed by atoms with Gasteiger partial charge in [-0.25, -0.2) is 0 Å². The van der Waals surface area contributed by atoms with Gasteiger partial charge < -0.3 is 10.0 Å². The first-order chi connectivity index (χ1) is 9.95. The lowest BCUT2D eigenvalue weighted by Crippen LogP contribution is -2.29. The predicted octanol–water partition coefficient (Wildman–Crippen LogP) is 4.50. The number of benzene rings is 2. The fourth-order valence-corrected chi connectivity index (χ4v) is 2.61. The van der Waals surface area contributed by atoms with Gasteiger partial charge in [-0.1, -0.05) is 45.2 Å². The minimum atomic E-state index is -0.873. The van der Waals surface area contributed by atoms with E-state index in [1.165, 1.54) is 0 Å². The average molecular weight is 369 g/mol. The second-order valence-electron chi connectivity index (χ2n) is 4.82. The minimum absolute atomic E-state index is 0.0775. The molecule has 3 nitrogen and oxygen atoms in total. The van der Waals surface area contributed by atoms with Crippen LogP contribution in [-0.2, 0) is 11.3 Å². The van der Waals surface area contributed by atoms with Gasteiger partial charge in [0.2, 0.25) is 0 Å². The number of aliphatic carboxylic acids is 1. The molecule has 21 heavy (non-hydrogen) atoms. The molecular formula is C16H15BrClNO2. The molecule has 0 atom stereocenters. The highest BCUT2D eigenvalue weighted by Crippen LogP contribution is 2.25. The molecule has 0 saturated carbocycles. The van der Waals surface area contributed by atoms with Crippen LogP contribution in [0.15, 0.2) is 46.9 Å². The van der Waals surface area contributed by atoms with Crippen LogP contribution in [0.3, 0.4) is 0 Å². The molecule has 0 aromatic heterocycles. The van der Waals surface area contributed by atoms with E-state index in [1.54, 1.807) is 11.0 Å². The van der Waals surface area contributed by atoms with Gasteiger partial charge in [-0.3, -0.25) is 4.79 Å². The topological polar surface area (TPSA) is 40.5 Å². The van der Waals surface area contributed by atoms with Gasteiger partial charge >= 0.3 is 5.97 Å². The van der Waals surface area contributed by atoms with E-state index < -0.39 is 5.97 Å². The molecule has 0 radical (unpaired) electrons. The monoisotopic (exact) mass is 367 g/mol. The Kier molecular flexibility index (Phi) is 5.26. The Morgan fingerprint density at radius 1 is 1.24 bits per heavy atom. The van der Waals surface area contributed by atoms with E-state index in [-0.39, 0.29) is 6.54 Å². The Bertz CT molecular complexity index is 643. The van der Waals surface area contributed by atoms with Crippen LogP contribution in [0.5, 0.6) is 0 Å². The number of carbonyl (C=O) groups is 1. The lowest BCUT2D eigenvalue weighted by molar-refractivity contribution is -0.135. The Balaban J connectivity index is 2.30. The van der Waals surface area contributed by atoms with Crippen LogP contribution in [0.25, 0.3) is 0 Å². The van der Waals surface area contributed by atoms with Crippen molar-refractivity contribution in [2.24, 2.45) is 0 Å². The summed E-state index contributed by atoms with van der Waals surface area (Å²) in [6.07, 6.45) is 0. The molecule has 2 rings (SSSR count). The number of hydrogen-bond acceptors (Lipinski definition) is 2. The van der Waals surface area contributed by atoms with E-state index in [0.717, 1.165) is 21.3 Å². The number of halogens is 2. The van der Waals surface area contributed by atoms with E-state index in [9.17, 15) is 4.79 Å². The number of nitrogens with zero attached hydrogens (tertiary/aromatic N) is 1. The Morgan fingerprint density at radius 2 is 1.90 bits per heavy atom. The Labute approximate surface area is 137 Å². The molecule has 110 valence electrons. The molecule has 0 bridgehead atoms. The smallest absolute Gasteiger partial charge is 0.323 e. The molecule has 0 saturated heterocycles. The van der Waals surface area contributed by atoms with Crippen molar-refractivity contribution in [3.63, 3.8) is 0 Å². The maximum atomic E-state index is 11.1. The fourth-order valence-electron chi connectivity index (χ4n) is 2.03. The van der Waals surface area contributed by atoms with Gasteiger partial charge in [0.05, 0.1) is 0 Å². The van der Waals surface area contributed by atoms with Crippen molar-refractivity contribution in [2.75, 3.05) is 11.4 Å². The third kappa shape index (κ3) is 4.48. The number of aryl methyl sites for hydroxylation is 1. The van der Waals surface area contributed by atoms with Crippen LogP contribution >= 0.6 is 27.5 Å². The number of carboxylic acid groups (broad SMARTS) is 1. The van der Waals surface area contributed by atoms with Crippen LogP contribution in [0.1, 0.15) is 11.1 Å². The van der Waals surface area contributed by atoms with Gasteiger partial charge in [0, 0.05) is 21.7 Å². The highest BCUT2D eigenvalue weighted by Gasteiger charge is 2.13. The van der Waals surface area contributed by atoms with Crippen LogP contribution in [0.4, 0.5) is 5.69 Å². The van der Waals surface area contributed by atoms with Crippen molar-refractivity contribution in [3.05, 3.63) is 63.1 Å². The second-order valence-corrected chi connectivity index (χ2v) is 6.14. The molecule has 2 aromatic rings. The van der Waals surface area contributed by atoms with Crippen molar-refractivity contribution in [1.82, 2.24) is 0 Å². The summed E-state index contributed by atoms with van der Waals surface area (Å²) in [5.41, 5.74) is 2.88. The second kappa shape index (κ2) is 6.96. The summed E-state index contributed by atoms with van der Waals surface area (Å²) in [5, 5.41) is 9.74. The van der Waals surface area contributed by atoms with Gasteiger partial charge in [0.1, 0.15) is 6.54 Å². The summed E-state index contributed by atoms with van der Waals surface area (Å²) in [6, 6.07) is 13.3. The summed E-state index contributed by atoms with van der Waals surface area (Å²) >= 11 is 9.60. The lowest BCUT2D eigenvalue weighted by Gasteiger charge is -2.23. The van der Waals surface area contributed by atoms with E-state index in [1.807, 2.05) is 43.3 Å². The normalized spacial score (nSPS) is 10.4. The molecule has 1 N–H and O–H groups in total. The Hall–Kier alpha value is -1.52. The number of anilines is 1. The molecule has 0 unspecified atom stereocenters. The third-order valence-corrected chi connectivity index (χ3v) is 3.96. The van der Waals surface area contributed by atoms with Gasteiger partial charge in [-0.2, -0.15) is 0 Å². The average Bonchev–Trinajstić information content (AvgIpc) is 2.42. The highest BCUT2D eigenvalue weighted by molar-refractivity contribution is 9.10. The van der Waals surface area contributed by atoms with E-state index >= 15 is 0 Å². The standard InChI is InChI=1S/C16H15BrClNO2/c1-11-2-5-14(6-3-11)19(10-16(20)21)9-12-8-13(17)4-7-15(12)18/h2-8H,9-10H2,1H3,(H,20,21). The molecule has 0 aliphatic heterocycles. The molecule has 0 aliphatic carbocycles. The van der Waals surface area contributed by atoms with Gasteiger partial charge in [-0.05, 0) is 42.8 Å². The summed E-state index contributed by atoms with van der Waals surface area (Å²) in [4.78, 5) is 12.9. The highest BCUT2D eigenvalue weighted by atomic mass is 79.9. The fraction of sp³-hybridized carbons (Fsp3) is 0.188. The van der Waals surface area contributed by atoms with Crippen LogP contribution < -0.4 is 4.90 Å².